The molecule has 146 valence electrons. The Balaban J connectivity index is 1.42. The summed E-state index contributed by atoms with van der Waals surface area (Å²) in [6, 6.07) is 23.0. The molecule has 7 heteroatoms. The van der Waals surface area contributed by atoms with Gasteiger partial charge in [-0.25, -0.2) is 9.37 Å². The number of halogens is 1. The lowest BCUT2D eigenvalue weighted by molar-refractivity contribution is 0.451. The Morgan fingerprint density at radius 1 is 0.800 bits per heavy atom. The molecule has 0 radical (unpaired) electrons. The fourth-order valence-corrected chi connectivity index (χ4v) is 3.06. The van der Waals surface area contributed by atoms with Crippen LogP contribution in [0.1, 0.15) is 0 Å². The molecule has 0 amide bonds. The van der Waals surface area contributed by atoms with Gasteiger partial charge >= 0.3 is 0 Å². The van der Waals surface area contributed by atoms with Crippen LogP contribution < -0.4 is 10.1 Å². The minimum absolute atomic E-state index is 0.304. The molecule has 0 aliphatic carbocycles. The molecule has 2 heterocycles. The number of hydrogen-bond donors (Lipinski definition) is 1. The van der Waals surface area contributed by atoms with E-state index in [0.29, 0.717) is 34.1 Å². The second-order valence-corrected chi connectivity index (χ2v) is 6.50. The molecule has 3 aromatic carbocycles. The van der Waals surface area contributed by atoms with Gasteiger partial charge in [0, 0.05) is 11.3 Å². The van der Waals surface area contributed by atoms with Crippen molar-refractivity contribution in [3.8, 4) is 22.8 Å². The fourth-order valence-electron chi connectivity index (χ4n) is 3.06. The molecule has 0 fully saturated rings. The number of nitrogens with zero attached hydrogens (tertiary/aromatic N) is 3. The lowest BCUT2D eigenvalue weighted by atomic mass is 10.1. The standard InChI is InChI=1S/C23H15FN4O2/c24-16-6-10-18(11-7-16)29-19-12-8-17(9-13-19)27-22-20-21(15-4-2-1-3-5-15)28-30-23(20)26-14-25-22/h1-14H,(H,25,26,27). The maximum Gasteiger partial charge on any atom is 0.263 e. The summed E-state index contributed by atoms with van der Waals surface area (Å²) in [6.07, 6.45) is 1.43. The average Bonchev–Trinajstić information content (AvgIpc) is 3.23. The summed E-state index contributed by atoms with van der Waals surface area (Å²) in [5.41, 5.74) is 2.80. The number of fused-ring (bicyclic) bond motifs is 1. The summed E-state index contributed by atoms with van der Waals surface area (Å²) in [7, 11) is 0. The van der Waals surface area contributed by atoms with E-state index in [1.807, 2.05) is 54.6 Å². The topological polar surface area (TPSA) is 73.1 Å². The lowest BCUT2D eigenvalue weighted by Crippen LogP contribution is -1.96. The molecule has 0 bridgehead atoms. The highest BCUT2D eigenvalue weighted by molar-refractivity contribution is 5.98. The van der Waals surface area contributed by atoms with E-state index >= 15 is 0 Å². The van der Waals surface area contributed by atoms with E-state index in [1.54, 1.807) is 12.1 Å². The second kappa shape index (κ2) is 7.63. The Kier molecular flexibility index (Phi) is 4.53. The lowest BCUT2D eigenvalue weighted by Gasteiger charge is -2.09. The minimum Gasteiger partial charge on any atom is -0.457 e. The molecule has 2 aromatic heterocycles. The molecular formula is C23H15FN4O2. The van der Waals surface area contributed by atoms with Gasteiger partial charge in [0.1, 0.15) is 40.5 Å². The van der Waals surface area contributed by atoms with Crippen LogP contribution in [0.15, 0.2) is 89.7 Å². The number of benzene rings is 3. The van der Waals surface area contributed by atoms with Crippen molar-refractivity contribution in [3.63, 3.8) is 0 Å². The zero-order valence-corrected chi connectivity index (χ0v) is 15.6. The van der Waals surface area contributed by atoms with Gasteiger partial charge in [-0.2, -0.15) is 4.98 Å². The number of ether oxygens (including phenoxy) is 1. The first-order chi connectivity index (χ1) is 14.8. The zero-order valence-electron chi connectivity index (χ0n) is 15.6. The smallest absolute Gasteiger partial charge is 0.263 e. The van der Waals surface area contributed by atoms with Gasteiger partial charge in [-0.3, -0.25) is 0 Å². The molecule has 6 nitrogen and oxygen atoms in total. The molecule has 0 spiro atoms. The highest BCUT2D eigenvalue weighted by Crippen LogP contribution is 2.33. The Labute approximate surface area is 171 Å². The Morgan fingerprint density at radius 3 is 2.23 bits per heavy atom. The van der Waals surface area contributed by atoms with Crippen molar-refractivity contribution < 1.29 is 13.7 Å². The maximum absolute atomic E-state index is 13.0. The van der Waals surface area contributed by atoms with E-state index in [1.165, 1.54) is 18.5 Å². The third-order valence-electron chi connectivity index (χ3n) is 4.49. The van der Waals surface area contributed by atoms with E-state index in [4.69, 9.17) is 9.26 Å². The van der Waals surface area contributed by atoms with Crippen molar-refractivity contribution in [1.29, 1.82) is 0 Å². The van der Waals surface area contributed by atoms with Crippen LogP contribution in [0.2, 0.25) is 0 Å². The van der Waals surface area contributed by atoms with Crippen LogP contribution in [0.25, 0.3) is 22.4 Å². The first-order valence-electron chi connectivity index (χ1n) is 9.22. The maximum atomic E-state index is 13.0. The summed E-state index contributed by atoms with van der Waals surface area (Å²) in [5.74, 6) is 1.48. The highest BCUT2D eigenvalue weighted by Gasteiger charge is 2.16. The van der Waals surface area contributed by atoms with Gasteiger partial charge in [0.15, 0.2) is 0 Å². The Bertz CT molecular complexity index is 1290. The van der Waals surface area contributed by atoms with Gasteiger partial charge < -0.3 is 14.6 Å². The van der Waals surface area contributed by atoms with Crippen molar-refractivity contribution in [2.45, 2.75) is 0 Å². The molecule has 30 heavy (non-hydrogen) atoms. The summed E-state index contributed by atoms with van der Waals surface area (Å²) >= 11 is 0. The van der Waals surface area contributed by atoms with Crippen molar-refractivity contribution in [1.82, 2.24) is 15.1 Å². The molecule has 0 atom stereocenters. The average molecular weight is 398 g/mol. The predicted octanol–water partition coefficient (Wildman–Crippen LogP) is 5.96. The first kappa shape index (κ1) is 17.8. The predicted molar refractivity (Wildman–Crippen MR) is 111 cm³/mol. The third-order valence-corrected chi connectivity index (χ3v) is 4.49. The molecule has 5 rings (SSSR count). The number of rotatable bonds is 5. The molecule has 5 aromatic rings. The van der Waals surface area contributed by atoms with Crippen LogP contribution in [-0.4, -0.2) is 15.1 Å². The van der Waals surface area contributed by atoms with Gasteiger partial charge in [0.25, 0.3) is 5.71 Å². The number of aromatic nitrogens is 3. The first-order valence-corrected chi connectivity index (χ1v) is 9.22. The highest BCUT2D eigenvalue weighted by atomic mass is 19.1. The van der Waals surface area contributed by atoms with Gasteiger partial charge in [0.2, 0.25) is 0 Å². The number of nitrogens with one attached hydrogen (secondary N) is 1. The van der Waals surface area contributed by atoms with Gasteiger partial charge in [-0.05, 0) is 48.5 Å². The molecule has 0 unspecified atom stereocenters. The van der Waals surface area contributed by atoms with Crippen LogP contribution in [0, 0.1) is 5.82 Å². The molecule has 1 N–H and O–H groups in total. The minimum atomic E-state index is -0.304. The van der Waals surface area contributed by atoms with Crippen molar-refractivity contribution >= 4 is 22.6 Å². The normalized spacial score (nSPS) is 10.8. The summed E-state index contributed by atoms with van der Waals surface area (Å²) in [4.78, 5) is 8.54. The van der Waals surface area contributed by atoms with Gasteiger partial charge in [-0.1, -0.05) is 35.5 Å². The number of anilines is 2. The van der Waals surface area contributed by atoms with Crippen LogP contribution in [-0.2, 0) is 0 Å². The summed E-state index contributed by atoms with van der Waals surface area (Å²) in [6.45, 7) is 0. The largest absolute Gasteiger partial charge is 0.457 e. The monoisotopic (exact) mass is 398 g/mol. The van der Waals surface area contributed by atoms with Crippen LogP contribution >= 0.6 is 0 Å². The second-order valence-electron chi connectivity index (χ2n) is 6.50. The Hall–Kier alpha value is -4.26. The third kappa shape index (κ3) is 3.56. The van der Waals surface area contributed by atoms with Crippen molar-refractivity contribution in [2.24, 2.45) is 0 Å². The van der Waals surface area contributed by atoms with E-state index in [2.05, 4.69) is 20.4 Å². The SMILES string of the molecule is Fc1ccc(Oc2ccc(Nc3ncnc4onc(-c5ccccc5)c34)cc2)cc1. The molecular weight excluding hydrogens is 383 g/mol. The van der Waals surface area contributed by atoms with Gasteiger partial charge in [-0.15, -0.1) is 0 Å². The molecule has 0 aliphatic heterocycles. The molecule has 0 aliphatic rings. The van der Waals surface area contributed by atoms with Crippen molar-refractivity contribution in [2.75, 3.05) is 5.32 Å². The fraction of sp³-hybridized carbons (Fsp3) is 0. The van der Waals surface area contributed by atoms with Gasteiger partial charge in [0.05, 0.1) is 0 Å². The number of hydrogen-bond acceptors (Lipinski definition) is 6. The molecule has 0 saturated heterocycles. The molecule has 0 saturated carbocycles. The summed E-state index contributed by atoms with van der Waals surface area (Å²) in [5, 5.41) is 8.16. The van der Waals surface area contributed by atoms with E-state index in [-0.39, 0.29) is 5.82 Å². The van der Waals surface area contributed by atoms with E-state index < -0.39 is 0 Å². The summed E-state index contributed by atoms with van der Waals surface area (Å²) < 4.78 is 24.1. The zero-order chi connectivity index (χ0) is 20.3. The van der Waals surface area contributed by atoms with E-state index in [9.17, 15) is 4.39 Å². The quantitative estimate of drug-likeness (QED) is 0.394. The van der Waals surface area contributed by atoms with Crippen LogP contribution in [0.4, 0.5) is 15.9 Å². The van der Waals surface area contributed by atoms with Crippen LogP contribution in [0.5, 0.6) is 11.5 Å². The van der Waals surface area contributed by atoms with Crippen molar-refractivity contribution in [3.05, 3.63) is 91.0 Å². The Morgan fingerprint density at radius 2 is 1.50 bits per heavy atom. The van der Waals surface area contributed by atoms with Crippen LogP contribution in [0.3, 0.4) is 0 Å². The van der Waals surface area contributed by atoms with E-state index in [0.717, 1.165) is 11.3 Å².